The van der Waals surface area contributed by atoms with Crippen LogP contribution >= 0.6 is 49.6 Å². The summed E-state index contributed by atoms with van der Waals surface area (Å²) in [5, 5.41) is 7.39. The van der Waals surface area contributed by atoms with Crippen molar-refractivity contribution in [2.24, 2.45) is 0 Å². The van der Waals surface area contributed by atoms with Gasteiger partial charge in [-0.2, -0.15) is 0 Å². The molecule has 0 unspecified atom stereocenters. The normalized spacial score (nSPS) is 16.1. The Morgan fingerprint density at radius 3 is 0.869 bits per heavy atom. The molecule has 12 aromatic carbocycles. The molecule has 0 radical (unpaired) electrons. The molecule has 122 heavy (non-hydrogen) atoms. The van der Waals surface area contributed by atoms with Gasteiger partial charge in [0.1, 0.15) is 26.4 Å². The van der Waals surface area contributed by atoms with Crippen molar-refractivity contribution in [1.82, 2.24) is 20.4 Å². The van der Waals surface area contributed by atoms with Gasteiger partial charge >= 0.3 is 0 Å². The van der Waals surface area contributed by atoms with Gasteiger partial charge in [0.25, 0.3) is 0 Å². The second-order valence-electron chi connectivity index (χ2n) is 33.0. The monoisotopic (exact) mass is 1720 g/mol. The summed E-state index contributed by atoms with van der Waals surface area (Å²) in [6.07, 6.45) is 8.40. The predicted molar refractivity (Wildman–Crippen MR) is 505 cm³/mol. The van der Waals surface area contributed by atoms with Gasteiger partial charge in [0, 0.05) is 50.3 Å². The van der Waals surface area contributed by atoms with Crippen molar-refractivity contribution >= 4 is 49.6 Å². The molecule has 0 saturated carbocycles. The summed E-state index contributed by atoms with van der Waals surface area (Å²) in [4.78, 5) is 5.26. The third kappa shape index (κ3) is 22.3. The van der Waals surface area contributed by atoms with Crippen LogP contribution in [0.15, 0.2) is 231 Å². The first kappa shape index (κ1) is 92.8. The zero-order valence-electron chi connectivity index (χ0n) is 72.8. The lowest BCUT2D eigenvalue weighted by Gasteiger charge is -2.42. The second-order valence-corrected chi connectivity index (χ2v) is 33.0. The smallest absolute Gasteiger partial charge is 0.162 e. The Hall–Kier alpha value is -9.96. The average molecular weight is 1720 g/mol. The maximum Gasteiger partial charge on any atom is 0.162 e. The van der Waals surface area contributed by atoms with Gasteiger partial charge in [-0.15, -0.1) is 49.6 Å². The highest BCUT2D eigenvalue weighted by Gasteiger charge is 2.36. The first-order valence-electron chi connectivity index (χ1n) is 42.3. The highest BCUT2D eigenvalue weighted by Crippen LogP contribution is 2.46. The molecule has 4 atom stereocenters. The van der Waals surface area contributed by atoms with Crippen LogP contribution in [-0.4, -0.2) is 64.4 Å². The van der Waals surface area contributed by atoms with Crippen LogP contribution in [0.1, 0.15) is 169 Å². The summed E-state index contributed by atoms with van der Waals surface area (Å²) in [6, 6.07) is 83.0. The van der Waals surface area contributed by atoms with Gasteiger partial charge in [-0.05, 0) is 313 Å². The van der Waals surface area contributed by atoms with E-state index in [4.69, 9.17) is 37.9 Å². The number of benzene rings is 12. The number of nitrogens with one attached hydrogen (secondary N) is 2. The summed E-state index contributed by atoms with van der Waals surface area (Å²) < 4.78 is 47.0. The molecule has 6 heterocycles. The first-order chi connectivity index (χ1) is 57.5. The Labute approximate surface area is 749 Å². The molecular formula is C106H120Cl4N4O8. The van der Waals surface area contributed by atoms with Crippen LogP contribution in [0.25, 0.3) is 0 Å². The van der Waals surface area contributed by atoms with Crippen LogP contribution in [0.2, 0.25) is 0 Å². The van der Waals surface area contributed by atoms with E-state index in [0.717, 1.165) is 159 Å². The third-order valence-electron chi connectivity index (χ3n) is 25.1. The molecule has 0 aromatic heterocycles. The van der Waals surface area contributed by atoms with E-state index in [1.165, 1.54) is 122 Å². The SMILES string of the molecule is COc1cc(C[C@@H]2NCCc3cc(C)c(C)cc32)ccc1OCc1ccccc1.COc1cc(C[C@H]2NCCc3cc(C)c(C)cc32)ccc1OCc1ccccc1.COc1cc2c(cc1OCc1ccccc1)CN1CCc3cc(C)c(C)cc3[C@@H]1C2.COc1cc2c(cc1OCc1ccccc1)CN1CCc3cc(C)c(C)cc3[C@H]1C2.Cl.Cl.Cl.Cl. The van der Waals surface area contributed by atoms with Gasteiger partial charge in [-0.1, -0.05) is 182 Å². The zero-order chi connectivity index (χ0) is 81.8. The second kappa shape index (κ2) is 43.4. The van der Waals surface area contributed by atoms with Crippen LogP contribution in [0.5, 0.6) is 46.0 Å². The fraction of sp³-hybridized carbons (Fsp3) is 0.321. The van der Waals surface area contributed by atoms with Crippen LogP contribution in [-0.2, 0) is 90.9 Å². The Kier molecular flexibility index (Phi) is 33.0. The zero-order valence-corrected chi connectivity index (χ0v) is 76.0. The summed E-state index contributed by atoms with van der Waals surface area (Å²) in [6.45, 7) is 26.1. The van der Waals surface area contributed by atoms with Crippen molar-refractivity contribution < 1.29 is 37.9 Å². The number of nitrogens with zero attached hydrogens (tertiary/aromatic N) is 2. The quantitative estimate of drug-likeness (QED) is 0.0759. The minimum atomic E-state index is 0. The molecule has 2 N–H and O–H groups in total. The molecule has 0 aliphatic carbocycles. The Balaban J connectivity index is 0.000000157. The molecule has 16 heteroatoms. The van der Waals surface area contributed by atoms with Crippen molar-refractivity contribution in [2.75, 3.05) is 54.6 Å². The summed E-state index contributed by atoms with van der Waals surface area (Å²) in [5.74, 6) is 6.46. The lowest BCUT2D eigenvalue weighted by molar-refractivity contribution is 0.160. The molecule has 0 saturated heterocycles. The highest BCUT2D eigenvalue weighted by molar-refractivity contribution is 5.86. The van der Waals surface area contributed by atoms with Crippen molar-refractivity contribution in [1.29, 1.82) is 0 Å². The number of hydrogen-bond acceptors (Lipinski definition) is 12. The molecule has 18 rings (SSSR count). The molecular weight excluding hydrogens is 1600 g/mol. The van der Waals surface area contributed by atoms with Crippen LogP contribution in [0, 0.1) is 55.4 Å². The molecule has 6 aliphatic rings. The molecule has 12 aromatic rings. The van der Waals surface area contributed by atoms with Crippen molar-refractivity contribution in [3.63, 3.8) is 0 Å². The number of ether oxygens (including phenoxy) is 8. The van der Waals surface area contributed by atoms with Crippen molar-refractivity contribution in [3.8, 4) is 46.0 Å². The maximum absolute atomic E-state index is 6.16. The number of aryl methyl sites for hydroxylation is 8. The van der Waals surface area contributed by atoms with Gasteiger partial charge in [-0.25, -0.2) is 0 Å². The van der Waals surface area contributed by atoms with E-state index in [0.29, 0.717) is 50.6 Å². The number of halogens is 4. The summed E-state index contributed by atoms with van der Waals surface area (Å²) in [5.41, 5.74) is 35.6. The number of hydrogen-bond donors (Lipinski definition) is 2. The van der Waals surface area contributed by atoms with E-state index in [2.05, 4.69) is 221 Å². The van der Waals surface area contributed by atoms with Crippen LogP contribution in [0.4, 0.5) is 0 Å². The fourth-order valence-electron chi connectivity index (χ4n) is 17.9. The van der Waals surface area contributed by atoms with Crippen LogP contribution < -0.4 is 48.5 Å². The molecule has 12 nitrogen and oxygen atoms in total. The Morgan fingerprint density at radius 2 is 0.549 bits per heavy atom. The summed E-state index contributed by atoms with van der Waals surface area (Å²) in [7, 11) is 6.87. The number of fused-ring (bicyclic) bond motifs is 10. The lowest BCUT2D eigenvalue weighted by Crippen LogP contribution is -2.39. The minimum Gasteiger partial charge on any atom is -0.493 e. The topological polar surface area (TPSA) is 104 Å². The van der Waals surface area contributed by atoms with E-state index >= 15 is 0 Å². The van der Waals surface area contributed by atoms with E-state index in [-0.39, 0.29) is 49.6 Å². The maximum atomic E-state index is 6.16. The fourth-order valence-corrected chi connectivity index (χ4v) is 17.9. The van der Waals surface area contributed by atoms with E-state index in [1.54, 1.807) is 28.4 Å². The minimum absolute atomic E-state index is 0. The molecule has 0 fully saturated rings. The Morgan fingerprint density at radius 1 is 0.270 bits per heavy atom. The van der Waals surface area contributed by atoms with Gasteiger partial charge in [-0.3, -0.25) is 9.80 Å². The Bertz CT molecular complexity index is 5150. The molecule has 0 spiro atoms. The number of methoxy groups -OCH3 is 4. The van der Waals surface area contributed by atoms with Gasteiger partial charge in [0.15, 0.2) is 46.0 Å². The van der Waals surface area contributed by atoms with Gasteiger partial charge in [0.05, 0.1) is 28.4 Å². The van der Waals surface area contributed by atoms with Crippen molar-refractivity contribution in [2.45, 2.75) is 170 Å². The van der Waals surface area contributed by atoms with E-state index in [1.807, 2.05) is 84.9 Å². The predicted octanol–water partition coefficient (Wildman–Crippen LogP) is 23.4. The molecule has 640 valence electrons. The number of rotatable bonds is 20. The lowest BCUT2D eigenvalue weighted by atomic mass is 9.82. The van der Waals surface area contributed by atoms with E-state index in [9.17, 15) is 0 Å². The summed E-state index contributed by atoms with van der Waals surface area (Å²) >= 11 is 0. The van der Waals surface area contributed by atoms with Crippen molar-refractivity contribution in [3.05, 3.63) is 375 Å². The van der Waals surface area contributed by atoms with Gasteiger partial charge in [0.2, 0.25) is 0 Å². The first-order valence-corrected chi connectivity index (χ1v) is 42.3. The average Bonchev–Trinajstić information content (AvgIpc) is 0.759. The third-order valence-corrected chi connectivity index (χ3v) is 25.1. The van der Waals surface area contributed by atoms with Crippen LogP contribution in [0.3, 0.4) is 0 Å². The molecule has 0 bridgehead atoms. The highest BCUT2D eigenvalue weighted by atomic mass is 35.5. The standard InChI is InChI=1S/2C27H29NO2.2C26H29NO2.4ClH/c2*1-18-11-21-9-10-28-16-23-15-27(30-17-20-7-5-4-6-8-20)26(29-3)14-22(23)13-25(28)24(21)12-19(18)2;2*1-18-13-22-11-12-27-24(23(22)14-19(18)2)15-21-9-10-25(26(16-21)28-3)29-17-20-7-5-4-6-8-20;;;;/h2*4-8,11-12,14-15,25H,9-10,13,16-17H2,1-3H3;2*4-10,13-14,16,24,27H,11-12,15,17H2,1-3H3;4*1H/t2*25-;2*24-;;;;/m1010..../s1. The molecule has 6 aliphatic heterocycles. The van der Waals surface area contributed by atoms with Gasteiger partial charge < -0.3 is 48.5 Å². The molecule has 0 amide bonds. The van der Waals surface area contributed by atoms with E-state index < -0.39 is 0 Å². The largest absolute Gasteiger partial charge is 0.493 e.